The molecule has 0 saturated heterocycles. The quantitative estimate of drug-likeness (QED) is 0.750. The molecule has 4 rings (SSSR count). The van der Waals surface area contributed by atoms with Crippen LogP contribution in [0.1, 0.15) is 32.1 Å². The zero-order valence-electron chi connectivity index (χ0n) is 9.02. The van der Waals surface area contributed by atoms with Gasteiger partial charge in [-0.3, -0.25) is 0 Å². The molecule has 0 unspecified atom stereocenters. The van der Waals surface area contributed by atoms with Gasteiger partial charge in [0.05, 0.1) is 0 Å². The Morgan fingerprint density at radius 3 is 1.60 bits per heavy atom. The van der Waals surface area contributed by atoms with Crippen molar-refractivity contribution in [2.45, 2.75) is 37.6 Å². The fourth-order valence-electron chi connectivity index (χ4n) is 4.40. The molecule has 4 aliphatic carbocycles. The number of hydrogen-bond donors (Lipinski definition) is 2. The van der Waals surface area contributed by atoms with Crippen LogP contribution < -0.4 is 11.5 Å². The average Bonchev–Trinajstić information content (AvgIpc) is 2.13. The Morgan fingerprint density at radius 2 is 1.27 bits per heavy atom. The van der Waals surface area contributed by atoms with E-state index in [9.17, 15) is 0 Å². The van der Waals surface area contributed by atoms with Crippen molar-refractivity contribution in [3.63, 3.8) is 0 Å². The third-order valence-corrected chi connectivity index (χ3v) is 5.01. The van der Waals surface area contributed by atoms with Gasteiger partial charge >= 0.3 is 0 Å². The summed E-state index contributed by atoms with van der Waals surface area (Å²) in [6.45, 7) is 0.710. The van der Waals surface area contributed by atoms with Crippen molar-refractivity contribution < 1.29 is 0 Å². The van der Waals surface area contributed by atoms with Gasteiger partial charge in [0.25, 0.3) is 0 Å². The van der Waals surface area contributed by atoms with Gasteiger partial charge < -0.3 is 11.5 Å². The fourth-order valence-corrected chi connectivity index (χ4v) is 4.40. The fraction of sp³-hybridized carbons (Fsp3) is 1.00. The smallest absolute Gasteiger partial charge is 0.0336 e. The molecule has 0 atom stereocenters. The lowest BCUT2D eigenvalue weighted by atomic mass is 9.49. The van der Waals surface area contributed by atoms with Crippen LogP contribution in [-0.4, -0.2) is 12.1 Å². The Hall–Kier alpha value is 0.500. The Morgan fingerprint density at radius 1 is 0.867 bits per heavy atom. The SMILES string of the molecule is Cl.Cl.NCC1(N)C2CC3CC(C2)CC1C3. The topological polar surface area (TPSA) is 52.0 Å². The molecular formula is C11H22Cl2N2. The number of hydrogen-bond acceptors (Lipinski definition) is 2. The summed E-state index contributed by atoms with van der Waals surface area (Å²) < 4.78 is 0. The molecular weight excluding hydrogens is 231 g/mol. The van der Waals surface area contributed by atoms with Gasteiger partial charge in [0, 0.05) is 12.1 Å². The van der Waals surface area contributed by atoms with Crippen LogP contribution in [-0.2, 0) is 0 Å². The monoisotopic (exact) mass is 252 g/mol. The van der Waals surface area contributed by atoms with Crippen molar-refractivity contribution in [2.75, 3.05) is 6.54 Å². The molecule has 4 bridgehead atoms. The summed E-state index contributed by atoms with van der Waals surface area (Å²) in [6.07, 6.45) is 7.00. The summed E-state index contributed by atoms with van der Waals surface area (Å²) in [4.78, 5) is 0. The minimum Gasteiger partial charge on any atom is -0.329 e. The van der Waals surface area contributed by atoms with Crippen LogP contribution in [0.25, 0.3) is 0 Å². The van der Waals surface area contributed by atoms with E-state index in [-0.39, 0.29) is 30.4 Å². The molecule has 4 fully saturated rings. The van der Waals surface area contributed by atoms with Gasteiger partial charge in [-0.1, -0.05) is 0 Å². The minimum absolute atomic E-state index is 0. The molecule has 0 radical (unpaired) electrons. The molecule has 0 heterocycles. The Balaban J connectivity index is 0.000000562. The highest BCUT2D eigenvalue weighted by Gasteiger charge is 2.54. The molecule has 4 saturated carbocycles. The van der Waals surface area contributed by atoms with Crippen LogP contribution in [0.3, 0.4) is 0 Å². The second kappa shape index (κ2) is 4.40. The normalized spacial score (nSPS) is 50.8. The highest BCUT2D eigenvalue weighted by Crippen LogP contribution is 2.56. The van der Waals surface area contributed by atoms with E-state index in [1.54, 1.807) is 0 Å². The van der Waals surface area contributed by atoms with Crippen molar-refractivity contribution in [1.82, 2.24) is 0 Å². The van der Waals surface area contributed by atoms with E-state index < -0.39 is 0 Å². The number of halogens is 2. The van der Waals surface area contributed by atoms with Crippen molar-refractivity contribution in [3.8, 4) is 0 Å². The van der Waals surface area contributed by atoms with Crippen LogP contribution in [0.5, 0.6) is 0 Å². The number of nitrogens with two attached hydrogens (primary N) is 2. The third kappa shape index (κ3) is 1.80. The molecule has 0 amide bonds. The zero-order valence-corrected chi connectivity index (χ0v) is 10.7. The first-order valence-electron chi connectivity index (χ1n) is 5.71. The molecule has 0 aromatic carbocycles. The van der Waals surface area contributed by atoms with Crippen LogP contribution in [0.15, 0.2) is 0 Å². The average molecular weight is 253 g/mol. The van der Waals surface area contributed by atoms with Gasteiger partial charge in [-0.15, -0.1) is 24.8 Å². The van der Waals surface area contributed by atoms with E-state index >= 15 is 0 Å². The van der Waals surface area contributed by atoms with Gasteiger partial charge in [0.2, 0.25) is 0 Å². The predicted molar refractivity (Wildman–Crippen MR) is 67.5 cm³/mol. The molecule has 4 aliphatic rings. The maximum absolute atomic E-state index is 6.47. The van der Waals surface area contributed by atoms with Gasteiger partial charge in [0.15, 0.2) is 0 Å². The Kier molecular flexibility index (Phi) is 3.98. The van der Waals surface area contributed by atoms with Gasteiger partial charge in [-0.2, -0.15) is 0 Å². The van der Waals surface area contributed by atoms with Crippen LogP contribution in [0.2, 0.25) is 0 Å². The maximum Gasteiger partial charge on any atom is 0.0336 e. The van der Waals surface area contributed by atoms with Crippen LogP contribution >= 0.6 is 24.8 Å². The molecule has 4 N–H and O–H groups in total. The lowest BCUT2D eigenvalue weighted by molar-refractivity contribution is -0.0507. The van der Waals surface area contributed by atoms with E-state index in [0.29, 0.717) is 6.54 Å². The molecule has 0 aromatic heterocycles. The number of rotatable bonds is 1. The summed E-state index contributed by atoms with van der Waals surface area (Å²) in [6, 6.07) is 0. The summed E-state index contributed by atoms with van der Waals surface area (Å²) in [5.74, 6) is 3.53. The highest BCUT2D eigenvalue weighted by molar-refractivity contribution is 5.85. The van der Waals surface area contributed by atoms with Gasteiger partial charge in [-0.05, 0) is 55.8 Å². The van der Waals surface area contributed by atoms with Crippen molar-refractivity contribution in [3.05, 3.63) is 0 Å². The molecule has 0 aromatic rings. The molecule has 0 spiro atoms. The first-order valence-corrected chi connectivity index (χ1v) is 5.71. The third-order valence-electron chi connectivity index (χ3n) is 5.01. The van der Waals surface area contributed by atoms with Crippen molar-refractivity contribution >= 4 is 24.8 Å². The van der Waals surface area contributed by atoms with E-state index in [0.717, 1.165) is 23.7 Å². The lowest BCUT2D eigenvalue weighted by Gasteiger charge is -2.59. The standard InChI is InChI=1S/C11H20N2.2ClH/c12-6-11(13)9-2-7-1-8(4-9)5-10(11)3-7;;/h7-10H,1-6,12-13H2;2*1H. The van der Waals surface area contributed by atoms with E-state index in [4.69, 9.17) is 11.5 Å². The second-order valence-electron chi connectivity index (χ2n) is 5.62. The lowest BCUT2D eigenvalue weighted by Crippen LogP contribution is -2.66. The first-order chi connectivity index (χ1) is 6.22. The van der Waals surface area contributed by atoms with Gasteiger partial charge in [0.1, 0.15) is 0 Å². The minimum atomic E-state index is 0. The summed E-state index contributed by atoms with van der Waals surface area (Å²) in [5.41, 5.74) is 12.3. The molecule has 90 valence electrons. The molecule has 15 heavy (non-hydrogen) atoms. The largest absolute Gasteiger partial charge is 0.329 e. The highest BCUT2D eigenvalue weighted by atomic mass is 35.5. The van der Waals surface area contributed by atoms with Crippen LogP contribution in [0.4, 0.5) is 0 Å². The van der Waals surface area contributed by atoms with E-state index in [2.05, 4.69) is 0 Å². The molecule has 4 heteroatoms. The summed E-state index contributed by atoms with van der Waals surface area (Å²) in [5, 5.41) is 0. The molecule has 2 nitrogen and oxygen atoms in total. The Labute approximate surface area is 104 Å². The van der Waals surface area contributed by atoms with Crippen LogP contribution in [0, 0.1) is 23.7 Å². The van der Waals surface area contributed by atoms with E-state index in [1.807, 2.05) is 0 Å². The van der Waals surface area contributed by atoms with Crippen molar-refractivity contribution in [1.29, 1.82) is 0 Å². The summed E-state index contributed by atoms with van der Waals surface area (Å²) in [7, 11) is 0. The van der Waals surface area contributed by atoms with Gasteiger partial charge in [-0.25, -0.2) is 0 Å². The van der Waals surface area contributed by atoms with Crippen molar-refractivity contribution in [2.24, 2.45) is 35.1 Å². The maximum atomic E-state index is 6.47. The summed E-state index contributed by atoms with van der Waals surface area (Å²) >= 11 is 0. The zero-order chi connectivity index (χ0) is 9.05. The molecule has 0 aliphatic heterocycles. The predicted octanol–water partition coefficient (Wildman–Crippen LogP) is 1.94. The Bertz CT molecular complexity index is 205. The van der Waals surface area contributed by atoms with E-state index in [1.165, 1.54) is 32.1 Å². The second-order valence-corrected chi connectivity index (χ2v) is 5.62. The first kappa shape index (κ1) is 13.6.